The number of methoxy groups -OCH3 is 1. The molecule has 1 N–H and O–H groups in total. The van der Waals surface area contributed by atoms with Crippen molar-refractivity contribution in [1.29, 1.82) is 0 Å². The Bertz CT molecular complexity index is 469. The summed E-state index contributed by atoms with van der Waals surface area (Å²) in [7, 11) is 5.50. The molecular formula is C18H32IN3O3. The summed E-state index contributed by atoms with van der Waals surface area (Å²) >= 11 is 0. The Morgan fingerprint density at radius 3 is 2.48 bits per heavy atom. The van der Waals surface area contributed by atoms with Gasteiger partial charge in [-0.1, -0.05) is 12.1 Å². The molecule has 0 atom stereocenters. The maximum Gasteiger partial charge on any atom is 0.193 e. The molecule has 25 heavy (non-hydrogen) atoms. The lowest BCUT2D eigenvalue weighted by atomic mass is 10.2. The molecule has 0 bridgehead atoms. The van der Waals surface area contributed by atoms with Gasteiger partial charge < -0.3 is 24.4 Å². The van der Waals surface area contributed by atoms with Crippen molar-refractivity contribution in [3.05, 3.63) is 29.8 Å². The molecule has 0 fully saturated rings. The second kappa shape index (κ2) is 15.2. The quantitative estimate of drug-likeness (QED) is 0.236. The largest absolute Gasteiger partial charge is 0.494 e. The first-order valence-electron chi connectivity index (χ1n) is 8.41. The van der Waals surface area contributed by atoms with Gasteiger partial charge in [0.1, 0.15) is 5.75 Å². The first-order chi connectivity index (χ1) is 11.7. The molecule has 1 rings (SSSR count). The average molecular weight is 465 g/mol. The summed E-state index contributed by atoms with van der Waals surface area (Å²) < 4.78 is 15.9. The van der Waals surface area contributed by atoms with E-state index in [2.05, 4.69) is 27.3 Å². The third-order valence-corrected chi connectivity index (χ3v) is 3.41. The number of guanidine groups is 1. The minimum absolute atomic E-state index is 0. The van der Waals surface area contributed by atoms with E-state index in [0.29, 0.717) is 19.8 Å². The van der Waals surface area contributed by atoms with Gasteiger partial charge in [-0.2, -0.15) is 0 Å². The molecule has 0 unspecified atom stereocenters. The molecule has 0 heterocycles. The highest BCUT2D eigenvalue weighted by atomic mass is 127. The number of hydrogen-bond donors (Lipinski definition) is 1. The summed E-state index contributed by atoms with van der Waals surface area (Å²) in [5.74, 6) is 1.78. The van der Waals surface area contributed by atoms with Crippen LogP contribution in [0.3, 0.4) is 0 Å². The van der Waals surface area contributed by atoms with Gasteiger partial charge in [0.15, 0.2) is 5.96 Å². The maximum atomic E-state index is 5.47. The summed E-state index contributed by atoms with van der Waals surface area (Å²) in [4.78, 5) is 6.42. The van der Waals surface area contributed by atoms with Crippen LogP contribution in [0.2, 0.25) is 0 Å². The molecular weight excluding hydrogens is 433 g/mol. The number of rotatable bonds is 11. The van der Waals surface area contributed by atoms with Crippen LogP contribution < -0.4 is 10.1 Å². The summed E-state index contributed by atoms with van der Waals surface area (Å²) in [5, 5.41) is 3.35. The molecule has 0 amide bonds. The van der Waals surface area contributed by atoms with E-state index in [1.54, 1.807) is 14.2 Å². The molecule has 1 aromatic rings. The lowest BCUT2D eigenvalue weighted by Crippen LogP contribution is -2.39. The molecule has 0 saturated heterocycles. The van der Waals surface area contributed by atoms with Crippen molar-refractivity contribution in [3.63, 3.8) is 0 Å². The molecule has 6 nitrogen and oxygen atoms in total. The Hall–Kier alpha value is -1.06. The van der Waals surface area contributed by atoms with E-state index < -0.39 is 0 Å². The molecule has 0 aromatic heterocycles. The monoisotopic (exact) mass is 465 g/mol. The van der Waals surface area contributed by atoms with Crippen molar-refractivity contribution < 1.29 is 14.2 Å². The second-order valence-corrected chi connectivity index (χ2v) is 5.37. The Kier molecular flexibility index (Phi) is 14.6. The number of hydrogen-bond acceptors (Lipinski definition) is 4. The molecule has 7 heteroatoms. The summed E-state index contributed by atoms with van der Waals surface area (Å²) in [6, 6.07) is 8.16. The predicted molar refractivity (Wildman–Crippen MR) is 113 cm³/mol. The van der Waals surface area contributed by atoms with Crippen molar-refractivity contribution in [3.8, 4) is 5.75 Å². The zero-order valence-corrected chi connectivity index (χ0v) is 18.1. The Morgan fingerprint density at radius 2 is 1.88 bits per heavy atom. The van der Waals surface area contributed by atoms with E-state index in [1.165, 1.54) is 5.56 Å². The van der Waals surface area contributed by atoms with Crippen LogP contribution in [0.5, 0.6) is 5.75 Å². The van der Waals surface area contributed by atoms with Crippen LogP contribution in [-0.2, 0) is 16.0 Å². The standard InChI is InChI=1S/C18H31N3O3.HI/c1-5-24-17-9-7-16(8-10-17)15-21(3)18(19-2)20-11-6-12-23-14-13-22-4;/h7-10H,5-6,11-15H2,1-4H3,(H,19,20);1H. The van der Waals surface area contributed by atoms with Gasteiger partial charge in [-0.3, -0.25) is 4.99 Å². The van der Waals surface area contributed by atoms with Crippen molar-refractivity contribution in [2.45, 2.75) is 19.9 Å². The highest BCUT2D eigenvalue weighted by molar-refractivity contribution is 14.0. The SMILES string of the molecule is CCOc1ccc(CN(C)C(=NC)NCCCOCCOC)cc1.I. The highest BCUT2D eigenvalue weighted by Gasteiger charge is 2.06. The Morgan fingerprint density at radius 1 is 1.16 bits per heavy atom. The number of aliphatic imine (C=N–C) groups is 1. The van der Waals surface area contributed by atoms with Gasteiger partial charge in [0.25, 0.3) is 0 Å². The summed E-state index contributed by atoms with van der Waals surface area (Å²) in [6.07, 6.45) is 0.930. The second-order valence-electron chi connectivity index (χ2n) is 5.37. The molecule has 0 saturated carbocycles. The molecule has 0 spiro atoms. The summed E-state index contributed by atoms with van der Waals surface area (Å²) in [5.41, 5.74) is 1.21. The van der Waals surface area contributed by atoms with Gasteiger partial charge in [0.2, 0.25) is 0 Å². The predicted octanol–water partition coefficient (Wildman–Crippen LogP) is 2.76. The fraction of sp³-hybridized carbons (Fsp3) is 0.611. The lowest BCUT2D eigenvalue weighted by Gasteiger charge is -2.22. The van der Waals surface area contributed by atoms with Crippen LogP contribution in [0.25, 0.3) is 0 Å². The molecule has 0 aliphatic heterocycles. The van der Waals surface area contributed by atoms with Crippen molar-refractivity contribution in [2.75, 3.05) is 54.2 Å². The lowest BCUT2D eigenvalue weighted by molar-refractivity contribution is 0.0698. The zero-order valence-electron chi connectivity index (χ0n) is 15.8. The molecule has 0 aliphatic rings. The first kappa shape index (κ1) is 23.9. The topological polar surface area (TPSA) is 55.3 Å². The third kappa shape index (κ3) is 10.5. The number of benzene rings is 1. The van der Waals surface area contributed by atoms with Gasteiger partial charge >= 0.3 is 0 Å². The van der Waals surface area contributed by atoms with Crippen molar-refractivity contribution >= 4 is 29.9 Å². The van der Waals surface area contributed by atoms with Crippen LogP contribution >= 0.6 is 24.0 Å². The van der Waals surface area contributed by atoms with E-state index in [0.717, 1.165) is 37.8 Å². The van der Waals surface area contributed by atoms with Crippen LogP contribution in [-0.4, -0.2) is 65.0 Å². The van der Waals surface area contributed by atoms with Gasteiger partial charge in [0, 0.05) is 40.9 Å². The van der Waals surface area contributed by atoms with Crippen molar-refractivity contribution in [2.24, 2.45) is 4.99 Å². The molecule has 0 radical (unpaired) electrons. The van der Waals surface area contributed by atoms with Crippen LogP contribution in [0.4, 0.5) is 0 Å². The van der Waals surface area contributed by atoms with E-state index in [1.807, 2.05) is 26.1 Å². The van der Waals surface area contributed by atoms with Crippen LogP contribution in [0, 0.1) is 0 Å². The van der Waals surface area contributed by atoms with E-state index >= 15 is 0 Å². The van der Waals surface area contributed by atoms with Gasteiger partial charge in [-0.05, 0) is 31.0 Å². The van der Waals surface area contributed by atoms with E-state index in [4.69, 9.17) is 14.2 Å². The normalized spacial score (nSPS) is 11.0. The van der Waals surface area contributed by atoms with Gasteiger partial charge in [0.05, 0.1) is 19.8 Å². The summed E-state index contributed by atoms with van der Waals surface area (Å²) in [6.45, 7) is 6.29. The zero-order chi connectivity index (χ0) is 17.6. The first-order valence-corrected chi connectivity index (χ1v) is 8.41. The van der Waals surface area contributed by atoms with E-state index in [-0.39, 0.29) is 24.0 Å². The van der Waals surface area contributed by atoms with Crippen molar-refractivity contribution in [1.82, 2.24) is 10.2 Å². The molecule has 1 aromatic carbocycles. The Balaban J connectivity index is 0.00000576. The number of ether oxygens (including phenoxy) is 3. The fourth-order valence-electron chi connectivity index (χ4n) is 2.21. The number of nitrogens with zero attached hydrogens (tertiary/aromatic N) is 2. The fourth-order valence-corrected chi connectivity index (χ4v) is 2.21. The number of nitrogens with one attached hydrogen (secondary N) is 1. The minimum Gasteiger partial charge on any atom is -0.494 e. The van der Waals surface area contributed by atoms with Gasteiger partial charge in [-0.25, -0.2) is 0 Å². The van der Waals surface area contributed by atoms with Crippen LogP contribution in [0.15, 0.2) is 29.3 Å². The molecule has 0 aliphatic carbocycles. The number of halogens is 1. The Labute approximate surface area is 169 Å². The smallest absolute Gasteiger partial charge is 0.193 e. The van der Waals surface area contributed by atoms with Crippen LogP contribution in [0.1, 0.15) is 18.9 Å². The molecule has 144 valence electrons. The minimum atomic E-state index is 0. The van der Waals surface area contributed by atoms with Gasteiger partial charge in [-0.15, -0.1) is 24.0 Å². The maximum absolute atomic E-state index is 5.47. The highest BCUT2D eigenvalue weighted by Crippen LogP contribution is 2.13. The average Bonchev–Trinajstić information content (AvgIpc) is 2.59. The van der Waals surface area contributed by atoms with E-state index in [9.17, 15) is 0 Å². The third-order valence-electron chi connectivity index (χ3n) is 3.41.